The molecular formula is C23H26N4O2S. The Balaban J connectivity index is 1.51. The molecule has 0 radical (unpaired) electrons. The van der Waals surface area contributed by atoms with Gasteiger partial charge in [0.25, 0.3) is 0 Å². The Hall–Kier alpha value is -2.77. The molecule has 6 nitrogen and oxygen atoms in total. The van der Waals surface area contributed by atoms with E-state index in [4.69, 9.17) is 15.2 Å². The standard InChI is InChI=1S/C23H26N4O2S/c1-16-6-8-27(9-7-16)10-11-29-22-14-20-19(13-21(22)28-2)23(26-15-25-20)30-18-5-3-4-17(24)12-18/h3-5,12-15H,1,6-11,24H2,2H3. The fourth-order valence-corrected chi connectivity index (χ4v) is 4.40. The van der Waals surface area contributed by atoms with Gasteiger partial charge < -0.3 is 15.2 Å². The zero-order chi connectivity index (χ0) is 20.9. The van der Waals surface area contributed by atoms with Crippen molar-refractivity contribution >= 4 is 28.4 Å². The zero-order valence-electron chi connectivity index (χ0n) is 17.1. The molecular weight excluding hydrogens is 396 g/mol. The molecule has 0 spiro atoms. The van der Waals surface area contributed by atoms with Gasteiger partial charge in [0.2, 0.25) is 0 Å². The van der Waals surface area contributed by atoms with Crippen molar-refractivity contribution in [2.45, 2.75) is 22.8 Å². The maximum Gasteiger partial charge on any atom is 0.163 e. The largest absolute Gasteiger partial charge is 0.493 e. The number of hydrogen-bond acceptors (Lipinski definition) is 7. The van der Waals surface area contributed by atoms with Gasteiger partial charge in [-0.15, -0.1) is 0 Å². The second kappa shape index (κ2) is 9.36. The third kappa shape index (κ3) is 4.86. The molecule has 7 heteroatoms. The Morgan fingerprint density at radius 2 is 1.97 bits per heavy atom. The highest BCUT2D eigenvalue weighted by Gasteiger charge is 2.15. The fourth-order valence-electron chi connectivity index (χ4n) is 3.46. The first kappa shape index (κ1) is 20.5. The van der Waals surface area contributed by atoms with Crippen molar-refractivity contribution in [1.29, 1.82) is 0 Å². The van der Waals surface area contributed by atoms with Gasteiger partial charge in [-0.3, -0.25) is 4.90 Å². The van der Waals surface area contributed by atoms with Gasteiger partial charge in [0.05, 0.1) is 12.6 Å². The number of aromatic nitrogens is 2. The predicted octanol–water partition coefficient (Wildman–Crippen LogP) is 4.40. The molecule has 1 fully saturated rings. The van der Waals surface area contributed by atoms with E-state index in [0.29, 0.717) is 18.1 Å². The van der Waals surface area contributed by atoms with Crippen LogP contribution in [-0.4, -0.2) is 48.2 Å². The minimum atomic E-state index is 0.602. The van der Waals surface area contributed by atoms with Gasteiger partial charge in [-0.2, -0.15) is 0 Å². The van der Waals surface area contributed by atoms with E-state index in [0.717, 1.165) is 59.0 Å². The summed E-state index contributed by atoms with van der Waals surface area (Å²) in [6.07, 6.45) is 3.72. The number of piperidine rings is 1. The molecule has 1 aliphatic rings. The number of nitrogen functional groups attached to an aromatic ring is 1. The molecule has 0 unspecified atom stereocenters. The van der Waals surface area contributed by atoms with Crippen LogP contribution in [0.15, 0.2) is 64.8 Å². The number of hydrogen-bond donors (Lipinski definition) is 1. The monoisotopic (exact) mass is 422 g/mol. The van der Waals surface area contributed by atoms with Crippen molar-refractivity contribution in [2.24, 2.45) is 0 Å². The van der Waals surface area contributed by atoms with Crippen molar-refractivity contribution in [1.82, 2.24) is 14.9 Å². The Labute approximate surface area is 181 Å². The lowest BCUT2D eigenvalue weighted by atomic mass is 10.1. The topological polar surface area (TPSA) is 73.5 Å². The van der Waals surface area contributed by atoms with Crippen molar-refractivity contribution in [3.05, 3.63) is 54.9 Å². The van der Waals surface area contributed by atoms with Crippen molar-refractivity contribution < 1.29 is 9.47 Å². The Kier molecular flexibility index (Phi) is 6.40. The smallest absolute Gasteiger partial charge is 0.163 e. The first-order valence-corrected chi connectivity index (χ1v) is 10.8. The minimum absolute atomic E-state index is 0.602. The van der Waals surface area contributed by atoms with Gasteiger partial charge in [-0.05, 0) is 37.1 Å². The van der Waals surface area contributed by atoms with Gasteiger partial charge in [-0.1, -0.05) is 30.0 Å². The minimum Gasteiger partial charge on any atom is -0.493 e. The zero-order valence-corrected chi connectivity index (χ0v) is 18.0. The molecule has 4 rings (SSSR count). The van der Waals surface area contributed by atoms with Gasteiger partial charge in [-0.25, -0.2) is 9.97 Å². The Morgan fingerprint density at radius 3 is 2.73 bits per heavy atom. The average molecular weight is 423 g/mol. The summed E-state index contributed by atoms with van der Waals surface area (Å²) in [6, 6.07) is 11.6. The Morgan fingerprint density at radius 1 is 1.13 bits per heavy atom. The van der Waals surface area contributed by atoms with E-state index >= 15 is 0 Å². The summed E-state index contributed by atoms with van der Waals surface area (Å²) < 4.78 is 11.7. The molecule has 156 valence electrons. The van der Waals surface area contributed by atoms with E-state index in [2.05, 4.69) is 21.4 Å². The van der Waals surface area contributed by atoms with Crippen LogP contribution in [0.2, 0.25) is 0 Å². The third-order valence-corrected chi connectivity index (χ3v) is 6.19. The predicted molar refractivity (Wildman–Crippen MR) is 121 cm³/mol. The molecule has 2 N–H and O–H groups in total. The number of nitrogens with two attached hydrogens (primary N) is 1. The van der Waals surface area contributed by atoms with Crippen LogP contribution < -0.4 is 15.2 Å². The van der Waals surface area contributed by atoms with Crippen LogP contribution in [-0.2, 0) is 0 Å². The molecule has 0 bridgehead atoms. The number of nitrogens with zero attached hydrogens (tertiary/aromatic N) is 3. The second-order valence-corrected chi connectivity index (χ2v) is 8.38. The highest BCUT2D eigenvalue weighted by atomic mass is 32.2. The summed E-state index contributed by atoms with van der Waals surface area (Å²) in [6.45, 7) is 7.66. The molecule has 2 aromatic carbocycles. The summed E-state index contributed by atoms with van der Waals surface area (Å²) in [7, 11) is 1.65. The lowest BCUT2D eigenvalue weighted by Crippen LogP contribution is -2.33. The van der Waals surface area contributed by atoms with Crippen LogP contribution in [0.5, 0.6) is 11.5 Å². The van der Waals surface area contributed by atoms with E-state index in [-0.39, 0.29) is 0 Å². The number of methoxy groups -OCH3 is 1. The first-order chi connectivity index (χ1) is 14.6. The Bertz CT molecular complexity index is 1050. The molecule has 1 saturated heterocycles. The van der Waals surface area contributed by atoms with Gasteiger partial charge in [0, 0.05) is 41.7 Å². The highest BCUT2D eigenvalue weighted by Crippen LogP contribution is 2.37. The molecule has 0 saturated carbocycles. The molecule has 2 heterocycles. The summed E-state index contributed by atoms with van der Waals surface area (Å²) in [5, 5.41) is 1.77. The van der Waals surface area contributed by atoms with E-state index in [1.165, 1.54) is 5.57 Å². The fraction of sp³-hybridized carbons (Fsp3) is 0.304. The summed E-state index contributed by atoms with van der Waals surface area (Å²) in [5.74, 6) is 1.38. The van der Waals surface area contributed by atoms with Crippen molar-refractivity contribution in [2.75, 3.05) is 39.1 Å². The van der Waals surface area contributed by atoms with E-state index in [9.17, 15) is 0 Å². The van der Waals surface area contributed by atoms with Crippen molar-refractivity contribution in [3.63, 3.8) is 0 Å². The van der Waals surface area contributed by atoms with Gasteiger partial charge in [0.15, 0.2) is 11.5 Å². The van der Waals surface area contributed by atoms with Crippen LogP contribution >= 0.6 is 11.8 Å². The number of anilines is 1. The van der Waals surface area contributed by atoms with E-state index in [1.54, 1.807) is 25.2 Å². The summed E-state index contributed by atoms with van der Waals surface area (Å²) >= 11 is 1.55. The number of ether oxygens (including phenoxy) is 2. The molecule has 3 aromatic rings. The maximum atomic E-state index is 6.07. The lowest BCUT2D eigenvalue weighted by Gasteiger charge is -2.27. The molecule has 0 aliphatic carbocycles. The van der Waals surface area contributed by atoms with Crippen LogP contribution in [0.4, 0.5) is 5.69 Å². The van der Waals surface area contributed by atoms with E-state index in [1.807, 2.05) is 36.4 Å². The van der Waals surface area contributed by atoms with Crippen LogP contribution in [0.25, 0.3) is 10.9 Å². The average Bonchev–Trinajstić information content (AvgIpc) is 2.75. The third-order valence-electron chi connectivity index (χ3n) is 5.19. The molecule has 0 atom stereocenters. The normalized spacial score (nSPS) is 14.8. The molecule has 1 aromatic heterocycles. The second-order valence-electron chi connectivity index (χ2n) is 7.31. The van der Waals surface area contributed by atoms with E-state index < -0.39 is 0 Å². The maximum absolute atomic E-state index is 6.07. The lowest BCUT2D eigenvalue weighted by molar-refractivity contribution is 0.195. The van der Waals surface area contributed by atoms with Crippen molar-refractivity contribution in [3.8, 4) is 11.5 Å². The molecule has 30 heavy (non-hydrogen) atoms. The number of rotatable bonds is 7. The number of benzene rings is 2. The summed E-state index contributed by atoms with van der Waals surface area (Å²) in [5.41, 5.74) is 8.80. The first-order valence-electron chi connectivity index (χ1n) is 10.0. The van der Waals surface area contributed by atoms with Crippen LogP contribution in [0.3, 0.4) is 0 Å². The highest BCUT2D eigenvalue weighted by molar-refractivity contribution is 7.99. The number of likely N-dealkylation sites (tertiary alicyclic amines) is 1. The summed E-state index contributed by atoms with van der Waals surface area (Å²) in [4.78, 5) is 12.3. The van der Waals surface area contributed by atoms with Gasteiger partial charge >= 0.3 is 0 Å². The van der Waals surface area contributed by atoms with Crippen LogP contribution in [0.1, 0.15) is 12.8 Å². The molecule has 1 aliphatic heterocycles. The molecule has 0 amide bonds. The van der Waals surface area contributed by atoms with Crippen LogP contribution in [0, 0.1) is 0 Å². The quantitative estimate of drug-likeness (QED) is 0.344. The number of fused-ring (bicyclic) bond motifs is 1. The van der Waals surface area contributed by atoms with Gasteiger partial charge in [0.1, 0.15) is 18.0 Å². The SMILES string of the molecule is C=C1CCN(CCOc2cc3ncnc(Sc4cccc(N)c4)c3cc2OC)CC1.